The summed E-state index contributed by atoms with van der Waals surface area (Å²) in [7, 11) is -5.31. The summed E-state index contributed by atoms with van der Waals surface area (Å²) in [5, 5.41) is 49.5. The van der Waals surface area contributed by atoms with E-state index in [1.54, 1.807) is 0 Å². The molecule has 17 heteroatoms. The molecule has 8 N–H and O–H groups in total. The van der Waals surface area contributed by atoms with Gasteiger partial charge in [-0.3, -0.25) is 18.9 Å². The van der Waals surface area contributed by atoms with Crippen LogP contribution in [0, 0.1) is 0 Å². The van der Waals surface area contributed by atoms with E-state index in [1.807, 2.05) is 4.98 Å². The van der Waals surface area contributed by atoms with Crippen LogP contribution in [0.2, 0.25) is 0 Å². The minimum absolute atomic E-state index is 0.705. The van der Waals surface area contributed by atoms with Crippen LogP contribution in [0.15, 0.2) is 21.9 Å². The number of phosphoric ester groups is 1. The maximum absolute atomic E-state index is 12.0. The number of aromatic nitrogens is 2. The van der Waals surface area contributed by atoms with E-state index >= 15 is 0 Å². The predicted molar refractivity (Wildman–Crippen MR) is 93.0 cm³/mol. The molecule has 176 valence electrons. The van der Waals surface area contributed by atoms with Crippen molar-refractivity contribution in [3.8, 4) is 0 Å². The van der Waals surface area contributed by atoms with Crippen LogP contribution in [-0.2, 0) is 23.3 Å². The van der Waals surface area contributed by atoms with Crippen molar-refractivity contribution in [2.75, 3.05) is 6.61 Å². The highest BCUT2D eigenvalue weighted by Gasteiger charge is 2.52. The molecule has 0 amide bonds. The third kappa shape index (κ3) is 5.11. The van der Waals surface area contributed by atoms with E-state index in [9.17, 15) is 34.6 Å². The lowest BCUT2D eigenvalue weighted by molar-refractivity contribution is -0.273. The average Bonchev–Trinajstić information content (AvgIpc) is 3.11. The quantitative estimate of drug-likeness (QED) is 0.137. The second-order valence-electron chi connectivity index (χ2n) is 6.80. The van der Waals surface area contributed by atoms with Gasteiger partial charge >= 0.3 is 13.5 Å². The standard InChI is InChI=1S/C14H21N2O14P/c17-3-4-6(19)9(22)12(27-4)29-13(30-31(24,25)26)10-7(20)8(21)11(28-10)16-2-1-5(18)15-14(16)23/h1-2,4,6-13,17,19-22H,3H2,(H,15,18,23)(H2,24,25,26)/t4-,6-,7+,8-,9+,10+,11-,12?,13?/m1/s1. The number of hydrogen-bond acceptors (Lipinski definition) is 12. The molecule has 0 bridgehead atoms. The Morgan fingerprint density at radius 3 is 2.32 bits per heavy atom. The van der Waals surface area contributed by atoms with Gasteiger partial charge in [0.15, 0.2) is 12.5 Å². The van der Waals surface area contributed by atoms with Crippen LogP contribution in [0.3, 0.4) is 0 Å². The van der Waals surface area contributed by atoms with E-state index in [2.05, 4.69) is 4.52 Å². The first kappa shape index (κ1) is 24.1. The summed E-state index contributed by atoms with van der Waals surface area (Å²) < 4.78 is 32.0. The van der Waals surface area contributed by atoms with Gasteiger partial charge in [0.05, 0.1) is 6.61 Å². The maximum atomic E-state index is 12.0. The van der Waals surface area contributed by atoms with Gasteiger partial charge in [0.1, 0.15) is 36.6 Å². The zero-order valence-electron chi connectivity index (χ0n) is 15.4. The molecule has 0 aromatic carbocycles. The van der Waals surface area contributed by atoms with Crippen LogP contribution in [0.1, 0.15) is 6.23 Å². The number of aromatic amines is 1. The summed E-state index contributed by atoms with van der Waals surface area (Å²) >= 11 is 0. The monoisotopic (exact) mass is 472 g/mol. The number of phosphoric acid groups is 1. The Kier molecular flexibility index (Phi) is 7.11. The van der Waals surface area contributed by atoms with Crippen LogP contribution in [0.25, 0.3) is 0 Å². The molecule has 0 spiro atoms. The SMILES string of the molecule is O=c1ccn([C@@H]2O[C@H](C(OC3O[C@H](CO)[C@@H](O)[C@@H]3O)OP(=O)(O)O)[C@@H](O)[C@H]2O)c(=O)[nH]1. The van der Waals surface area contributed by atoms with Crippen molar-refractivity contribution in [3.63, 3.8) is 0 Å². The molecule has 2 saturated heterocycles. The normalized spacial score (nSPS) is 37.3. The predicted octanol–water partition coefficient (Wildman–Crippen LogP) is -4.95. The fourth-order valence-electron chi connectivity index (χ4n) is 3.18. The molecule has 2 aliphatic heterocycles. The second kappa shape index (κ2) is 9.14. The van der Waals surface area contributed by atoms with Gasteiger partial charge in [-0.1, -0.05) is 0 Å². The number of aliphatic hydroxyl groups is 5. The van der Waals surface area contributed by atoms with Crippen LogP contribution in [-0.4, -0.2) is 101 Å². The van der Waals surface area contributed by atoms with E-state index in [1.165, 1.54) is 0 Å². The molecule has 3 rings (SSSR count). The van der Waals surface area contributed by atoms with Crippen LogP contribution < -0.4 is 11.2 Å². The highest BCUT2D eigenvalue weighted by atomic mass is 31.2. The molecule has 16 nitrogen and oxygen atoms in total. The molecule has 1 aromatic rings. The van der Waals surface area contributed by atoms with E-state index in [-0.39, 0.29) is 0 Å². The molecule has 0 radical (unpaired) electrons. The summed E-state index contributed by atoms with van der Waals surface area (Å²) in [6.07, 6.45) is -14.9. The number of nitrogens with zero attached hydrogens (tertiary/aromatic N) is 1. The van der Waals surface area contributed by atoms with Crippen molar-refractivity contribution < 1.29 is 58.6 Å². The van der Waals surface area contributed by atoms with Crippen molar-refractivity contribution in [1.29, 1.82) is 0 Å². The van der Waals surface area contributed by atoms with Crippen molar-refractivity contribution >= 4 is 7.82 Å². The van der Waals surface area contributed by atoms with E-state index in [0.29, 0.717) is 4.57 Å². The smallest absolute Gasteiger partial charge is 0.394 e. The third-order valence-electron chi connectivity index (χ3n) is 4.68. The largest absolute Gasteiger partial charge is 0.472 e. The Bertz CT molecular complexity index is 930. The molecule has 0 saturated carbocycles. The number of nitrogens with one attached hydrogen (secondary N) is 1. The Labute approximate surface area is 172 Å². The van der Waals surface area contributed by atoms with E-state index in [0.717, 1.165) is 12.3 Å². The summed E-state index contributed by atoms with van der Waals surface area (Å²) in [6, 6.07) is 0.927. The van der Waals surface area contributed by atoms with Gasteiger partial charge in [-0.25, -0.2) is 9.36 Å². The van der Waals surface area contributed by atoms with Gasteiger partial charge in [0.25, 0.3) is 5.56 Å². The first-order valence-corrected chi connectivity index (χ1v) is 10.3. The lowest BCUT2D eigenvalue weighted by atomic mass is 10.1. The van der Waals surface area contributed by atoms with Crippen molar-refractivity contribution in [1.82, 2.24) is 9.55 Å². The third-order valence-corrected chi connectivity index (χ3v) is 5.16. The minimum atomic E-state index is -5.31. The fourth-order valence-corrected chi connectivity index (χ4v) is 3.62. The highest BCUT2D eigenvalue weighted by molar-refractivity contribution is 7.46. The van der Waals surface area contributed by atoms with Gasteiger partial charge < -0.3 is 49.5 Å². The molecular weight excluding hydrogens is 451 g/mol. The molecular formula is C14H21N2O14P. The minimum Gasteiger partial charge on any atom is -0.394 e. The van der Waals surface area contributed by atoms with Gasteiger partial charge in [0, 0.05) is 12.3 Å². The van der Waals surface area contributed by atoms with Crippen LogP contribution >= 0.6 is 7.82 Å². The number of rotatable bonds is 7. The van der Waals surface area contributed by atoms with Crippen molar-refractivity contribution in [2.45, 2.75) is 55.4 Å². The van der Waals surface area contributed by atoms with Crippen LogP contribution in [0.4, 0.5) is 0 Å². The molecule has 2 aliphatic rings. The molecule has 31 heavy (non-hydrogen) atoms. The molecule has 0 aliphatic carbocycles. The summed E-state index contributed by atoms with van der Waals surface area (Å²) in [5.74, 6) is 0. The van der Waals surface area contributed by atoms with Gasteiger partial charge in [-0.05, 0) is 0 Å². The molecule has 2 fully saturated rings. The van der Waals surface area contributed by atoms with Crippen molar-refractivity contribution in [3.05, 3.63) is 33.1 Å². The first-order chi connectivity index (χ1) is 14.4. The summed E-state index contributed by atoms with van der Waals surface area (Å²) in [5.41, 5.74) is -1.76. The highest BCUT2D eigenvalue weighted by Crippen LogP contribution is 2.42. The summed E-state index contributed by atoms with van der Waals surface area (Å²) in [6.45, 7) is -0.722. The number of aliphatic hydroxyl groups excluding tert-OH is 5. The van der Waals surface area contributed by atoms with Gasteiger partial charge in [0.2, 0.25) is 6.29 Å². The topological polar surface area (TPSA) is 250 Å². The van der Waals surface area contributed by atoms with Gasteiger partial charge in [-0.2, -0.15) is 0 Å². The Morgan fingerprint density at radius 2 is 1.77 bits per heavy atom. The lowest BCUT2D eigenvalue weighted by Crippen LogP contribution is -2.45. The number of hydrogen-bond donors (Lipinski definition) is 8. The average molecular weight is 472 g/mol. The Morgan fingerprint density at radius 1 is 1.10 bits per heavy atom. The van der Waals surface area contributed by atoms with Crippen LogP contribution in [0.5, 0.6) is 0 Å². The molecule has 9 atom stereocenters. The van der Waals surface area contributed by atoms with Crippen molar-refractivity contribution in [2.24, 2.45) is 0 Å². The molecule has 3 heterocycles. The Hall–Kier alpha value is -1.53. The van der Waals surface area contributed by atoms with E-state index < -0.39 is 81.1 Å². The number of ether oxygens (including phenoxy) is 3. The zero-order valence-corrected chi connectivity index (χ0v) is 16.3. The number of H-pyrrole nitrogens is 1. The fraction of sp³-hybridized carbons (Fsp3) is 0.714. The lowest BCUT2D eigenvalue weighted by Gasteiger charge is -2.29. The van der Waals surface area contributed by atoms with E-state index in [4.69, 9.17) is 29.1 Å². The molecule has 1 aromatic heterocycles. The van der Waals surface area contributed by atoms with Gasteiger partial charge in [-0.15, -0.1) is 0 Å². The second-order valence-corrected chi connectivity index (χ2v) is 7.99. The maximum Gasteiger partial charge on any atom is 0.472 e. The Balaban J connectivity index is 1.86. The molecule has 2 unspecified atom stereocenters. The first-order valence-electron chi connectivity index (χ1n) is 8.78. The zero-order chi connectivity index (χ0) is 23.1. The summed E-state index contributed by atoms with van der Waals surface area (Å²) in [4.78, 5) is 43.4.